The minimum absolute atomic E-state index is 0.132. The van der Waals surface area contributed by atoms with Gasteiger partial charge in [0.15, 0.2) is 0 Å². The van der Waals surface area contributed by atoms with E-state index < -0.39 is 6.04 Å². The first-order valence-electron chi connectivity index (χ1n) is 10.3. The lowest BCUT2D eigenvalue weighted by Crippen LogP contribution is -2.25. The van der Waals surface area contributed by atoms with Crippen LogP contribution >= 0.6 is 0 Å². The molecule has 4 rings (SSSR count). The van der Waals surface area contributed by atoms with Gasteiger partial charge in [-0.15, -0.1) is 0 Å². The van der Waals surface area contributed by atoms with Crippen molar-refractivity contribution in [3.63, 3.8) is 0 Å². The third-order valence-corrected chi connectivity index (χ3v) is 5.71. The lowest BCUT2D eigenvalue weighted by molar-refractivity contribution is -0.118. The fraction of sp³-hybridized carbons (Fsp3) is 0.240. The summed E-state index contributed by atoms with van der Waals surface area (Å²) in [7, 11) is 0. The first-order chi connectivity index (χ1) is 14.8. The summed E-state index contributed by atoms with van der Waals surface area (Å²) in [5.41, 5.74) is 5.08. The highest BCUT2D eigenvalue weighted by molar-refractivity contribution is 5.95. The molecule has 0 radical (unpaired) electrons. The minimum atomic E-state index is -0.488. The first-order valence-corrected chi connectivity index (χ1v) is 10.3. The van der Waals surface area contributed by atoms with Crippen LogP contribution in [0.15, 0.2) is 59.5 Å². The number of rotatable bonds is 4. The van der Waals surface area contributed by atoms with Gasteiger partial charge in [-0.3, -0.25) is 9.59 Å². The predicted molar refractivity (Wildman–Crippen MR) is 124 cm³/mol. The van der Waals surface area contributed by atoms with Crippen molar-refractivity contribution < 1.29 is 4.79 Å². The van der Waals surface area contributed by atoms with Gasteiger partial charge in [0.05, 0.1) is 17.3 Å². The molecule has 0 bridgehead atoms. The molecule has 6 nitrogen and oxygen atoms in total. The summed E-state index contributed by atoms with van der Waals surface area (Å²) in [4.78, 5) is 26.3. The molecule has 2 aromatic carbocycles. The van der Waals surface area contributed by atoms with Gasteiger partial charge in [0.25, 0.3) is 5.56 Å². The first kappa shape index (κ1) is 20.6. The number of aryl methyl sites for hydroxylation is 4. The van der Waals surface area contributed by atoms with E-state index in [0.29, 0.717) is 11.1 Å². The maximum absolute atomic E-state index is 13.3. The molecule has 2 aromatic heterocycles. The van der Waals surface area contributed by atoms with E-state index in [9.17, 15) is 9.59 Å². The highest BCUT2D eigenvalue weighted by Gasteiger charge is 2.24. The Bertz CT molecular complexity index is 1330. The van der Waals surface area contributed by atoms with Crippen molar-refractivity contribution in [2.45, 2.75) is 40.7 Å². The van der Waals surface area contributed by atoms with Crippen LogP contribution in [0, 0.1) is 27.7 Å². The zero-order chi connectivity index (χ0) is 22.3. The van der Waals surface area contributed by atoms with Crippen LogP contribution in [0.4, 0.5) is 5.69 Å². The molecule has 158 valence electrons. The molecule has 0 aliphatic carbocycles. The Morgan fingerprint density at radius 3 is 2.26 bits per heavy atom. The van der Waals surface area contributed by atoms with Crippen LogP contribution in [0.3, 0.4) is 0 Å². The number of anilines is 1. The summed E-state index contributed by atoms with van der Waals surface area (Å²) < 4.78 is 3.32. The van der Waals surface area contributed by atoms with Crippen LogP contribution in [0.2, 0.25) is 0 Å². The van der Waals surface area contributed by atoms with E-state index in [-0.39, 0.29) is 11.5 Å². The van der Waals surface area contributed by atoms with Gasteiger partial charge < -0.3 is 9.88 Å². The van der Waals surface area contributed by atoms with Gasteiger partial charge in [0, 0.05) is 22.5 Å². The maximum Gasteiger partial charge on any atom is 0.281 e. The molecule has 0 fully saturated rings. The van der Waals surface area contributed by atoms with E-state index in [0.717, 1.165) is 33.6 Å². The number of carbonyl (C=O) groups excluding carboxylic acids is 1. The lowest BCUT2D eigenvalue weighted by Gasteiger charge is -2.18. The SMILES string of the molecule is Cc1cc(C)cc(NC(=O)[C@@H](C)n2c(C)c3cnn(-c4ccccc4)c(=O)c3c2C)c1. The summed E-state index contributed by atoms with van der Waals surface area (Å²) in [6.45, 7) is 9.66. The van der Waals surface area contributed by atoms with E-state index >= 15 is 0 Å². The van der Waals surface area contributed by atoms with E-state index in [4.69, 9.17) is 0 Å². The molecule has 0 saturated heterocycles. The molecular weight excluding hydrogens is 388 g/mol. The molecule has 0 unspecified atom stereocenters. The largest absolute Gasteiger partial charge is 0.336 e. The number of hydrogen-bond donors (Lipinski definition) is 1. The van der Waals surface area contributed by atoms with Crippen molar-refractivity contribution in [3.05, 3.63) is 87.6 Å². The predicted octanol–water partition coefficient (Wildman–Crippen LogP) is 4.62. The molecule has 0 aliphatic rings. The van der Waals surface area contributed by atoms with Crippen molar-refractivity contribution in [2.75, 3.05) is 5.32 Å². The van der Waals surface area contributed by atoms with Gasteiger partial charge in [-0.2, -0.15) is 9.78 Å². The number of amides is 1. The molecule has 1 atom stereocenters. The zero-order valence-electron chi connectivity index (χ0n) is 18.4. The number of nitrogens with one attached hydrogen (secondary N) is 1. The molecule has 6 heteroatoms. The molecule has 4 aromatic rings. The summed E-state index contributed by atoms with van der Waals surface area (Å²) in [5, 5.41) is 8.74. The van der Waals surface area contributed by atoms with Gasteiger partial charge in [-0.1, -0.05) is 24.3 Å². The lowest BCUT2D eigenvalue weighted by atomic mass is 10.1. The average molecular weight is 415 g/mol. The van der Waals surface area contributed by atoms with Crippen molar-refractivity contribution in [1.29, 1.82) is 0 Å². The molecule has 0 aliphatic heterocycles. The number of aromatic nitrogens is 3. The van der Waals surface area contributed by atoms with Gasteiger partial charge in [-0.05, 0) is 70.0 Å². The van der Waals surface area contributed by atoms with Crippen molar-refractivity contribution in [2.24, 2.45) is 0 Å². The second kappa shape index (κ2) is 7.87. The van der Waals surface area contributed by atoms with E-state index in [2.05, 4.69) is 16.5 Å². The minimum Gasteiger partial charge on any atom is -0.336 e. The summed E-state index contributed by atoms with van der Waals surface area (Å²) in [6, 6.07) is 14.8. The van der Waals surface area contributed by atoms with E-state index in [1.165, 1.54) is 4.68 Å². The number of hydrogen-bond acceptors (Lipinski definition) is 3. The Morgan fingerprint density at radius 1 is 0.968 bits per heavy atom. The van der Waals surface area contributed by atoms with E-state index in [1.807, 2.05) is 81.7 Å². The number of para-hydroxylation sites is 1. The Morgan fingerprint density at radius 2 is 1.61 bits per heavy atom. The van der Waals surface area contributed by atoms with E-state index in [1.54, 1.807) is 6.20 Å². The third kappa shape index (κ3) is 3.65. The van der Waals surface area contributed by atoms with Crippen molar-refractivity contribution in [1.82, 2.24) is 14.3 Å². The molecular formula is C25H26N4O2. The van der Waals surface area contributed by atoms with Crippen LogP contribution < -0.4 is 10.9 Å². The van der Waals surface area contributed by atoms with Crippen LogP contribution in [-0.2, 0) is 4.79 Å². The van der Waals surface area contributed by atoms with Gasteiger partial charge >= 0.3 is 0 Å². The van der Waals surface area contributed by atoms with Gasteiger partial charge in [0.1, 0.15) is 6.04 Å². The molecule has 2 heterocycles. The number of carbonyl (C=O) groups is 1. The highest BCUT2D eigenvalue weighted by Crippen LogP contribution is 2.27. The number of nitrogens with zero attached hydrogens (tertiary/aromatic N) is 3. The second-order valence-corrected chi connectivity index (χ2v) is 8.07. The second-order valence-electron chi connectivity index (χ2n) is 8.07. The zero-order valence-corrected chi connectivity index (χ0v) is 18.4. The topological polar surface area (TPSA) is 68.9 Å². The molecule has 1 N–H and O–H groups in total. The highest BCUT2D eigenvalue weighted by atomic mass is 16.2. The van der Waals surface area contributed by atoms with Crippen LogP contribution in [0.25, 0.3) is 16.5 Å². The number of benzene rings is 2. The fourth-order valence-corrected chi connectivity index (χ4v) is 4.32. The van der Waals surface area contributed by atoms with Gasteiger partial charge in [0.2, 0.25) is 5.91 Å². The normalized spacial score (nSPS) is 12.2. The Labute approximate surface area is 181 Å². The van der Waals surface area contributed by atoms with Crippen LogP contribution in [0.1, 0.15) is 35.5 Å². The summed E-state index contributed by atoms with van der Waals surface area (Å²) >= 11 is 0. The molecule has 31 heavy (non-hydrogen) atoms. The summed E-state index contributed by atoms with van der Waals surface area (Å²) in [6.07, 6.45) is 1.71. The van der Waals surface area contributed by atoms with Crippen molar-refractivity contribution in [3.8, 4) is 5.69 Å². The standard InChI is InChI=1S/C25H26N4O2/c1-15-11-16(2)13-20(12-15)27-24(30)19(5)28-17(3)22-14-26-29(21-9-7-6-8-10-21)25(31)23(22)18(28)4/h6-14,19H,1-5H3,(H,27,30)/t19-/m1/s1. The maximum atomic E-state index is 13.3. The smallest absolute Gasteiger partial charge is 0.281 e. The van der Waals surface area contributed by atoms with Crippen LogP contribution in [-0.4, -0.2) is 20.3 Å². The monoisotopic (exact) mass is 414 g/mol. The Hall–Kier alpha value is -3.67. The average Bonchev–Trinajstić information content (AvgIpc) is 2.98. The fourth-order valence-electron chi connectivity index (χ4n) is 4.32. The quantitative estimate of drug-likeness (QED) is 0.530. The number of fused-ring (bicyclic) bond motifs is 1. The van der Waals surface area contributed by atoms with Gasteiger partial charge in [-0.25, -0.2) is 0 Å². The van der Waals surface area contributed by atoms with Crippen LogP contribution in [0.5, 0.6) is 0 Å². The molecule has 0 spiro atoms. The summed E-state index contributed by atoms with van der Waals surface area (Å²) in [5.74, 6) is -0.132. The molecule has 0 saturated carbocycles. The Balaban J connectivity index is 1.76. The Kier molecular flexibility index (Phi) is 5.23. The van der Waals surface area contributed by atoms with Crippen molar-refractivity contribution >= 4 is 22.4 Å². The third-order valence-electron chi connectivity index (χ3n) is 5.71. The molecule has 1 amide bonds.